The number of anilines is 1. The Labute approximate surface area is 164 Å². The van der Waals surface area contributed by atoms with Crippen LogP contribution in [0.1, 0.15) is 5.56 Å². The quantitative estimate of drug-likeness (QED) is 0.370. The molecule has 0 bridgehead atoms. The van der Waals surface area contributed by atoms with E-state index < -0.39 is 57.2 Å². The molecule has 12 heteroatoms. The summed E-state index contributed by atoms with van der Waals surface area (Å²) in [4.78, 5) is 33.3. The zero-order valence-corrected chi connectivity index (χ0v) is 15.9. The Morgan fingerprint density at radius 2 is 1.83 bits per heavy atom. The lowest BCUT2D eigenvalue weighted by atomic mass is 10.2. The Morgan fingerprint density at radius 3 is 2.45 bits per heavy atom. The van der Waals surface area contributed by atoms with E-state index in [4.69, 9.17) is 0 Å². The molecule has 2 N–H and O–H groups in total. The third-order valence-corrected chi connectivity index (χ3v) is 4.95. The zero-order chi connectivity index (χ0) is 21.6. The largest absolute Gasteiger partial charge is 0.455 e. The summed E-state index contributed by atoms with van der Waals surface area (Å²) in [6.07, 6.45) is 0. The Hall–Kier alpha value is -3.38. The number of benzene rings is 2. The molecule has 0 spiro atoms. The number of nitrogens with zero attached hydrogens (tertiary/aromatic N) is 1. The first kappa shape index (κ1) is 21.9. The van der Waals surface area contributed by atoms with E-state index in [0.29, 0.717) is 0 Å². The molecule has 0 radical (unpaired) electrons. The number of ether oxygens (including phenoxy) is 1. The third kappa shape index (κ3) is 6.33. The predicted molar refractivity (Wildman–Crippen MR) is 99.0 cm³/mol. The lowest BCUT2D eigenvalue weighted by Gasteiger charge is -2.09. The van der Waals surface area contributed by atoms with Crippen molar-refractivity contribution in [1.82, 2.24) is 4.72 Å². The zero-order valence-electron chi connectivity index (χ0n) is 15.0. The van der Waals surface area contributed by atoms with E-state index >= 15 is 0 Å². The molecule has 0 aromatic heterocycles. The number of sulfonamides is 1. The van der Waals surface area contributed by atoms with Crippen LogP contribution in [-0.4, -0.2) is 38.4 Å². The SMILES string of the molecule is Cc1ccc(S(=O)(=O)NCC(=O)OCC(=O)Nc2cc([N+](=O)[O-])ccc2F)cc1. The normalized spacial score (nSPS) is 11.0. The first-order valence-corrected chi connectivity index (χ1v) is 9.52. The summed E-state index contributed by atoms with van der Waals surface area (Å²) in [5.74, 6) is -2.92. The van der Waals surface area contributed by atoms with Crippen LogP contribution in [0.15, 0.2) is 47.4 Å². The summed E-state index contributed by atoms with van der Waals surface area (Å²) < 4.78 is 44.4. The van der Waals surface area contributed by atoms with Gasteiger partial charge in [-0.25, -0.2) is 12.8 Å². The monoisotopic (exact) mass is 425 g/mol. The van der Waals surface area contributed by atoms with Gasteiger partial charge in [-0.05, 0) is 25.1 Å². The van der Waals surface area contributed by atoms with Crippen molar-refractivity contribution in [2.75, 3.05) is 18.5 Å². The van der Waals surface area contributed by atoms with Gasteiger partial charge >= 0.3 is 5.97 Å². The molecule has 2 rings (SSSR count). The van der Waals surface area contributed by atoms with Crippen LogP contribution in [0.3, 0.4) is 0 Å². The lowest BCUT2D eigenvalue weighted by molar-refractivity contribution is -0.384. The van der Waals surface area contributed by atoms with Crippen LogP contribution in [0.4, 0.5) is 15.8 Å². The molecular weight excluding hydrogens is 409 g/mol. The molecule has 0 heterocycles. The Kier molecular flexibility index (Phi) is 6.96. The summed E-state index contributed by atoms with van der Waals surface area (Å²) in [6.45, 7) is 0.216. The second-order valence-corrected chi connectivity index (χ2v) is 7.53. The van der Waals surface area contributed by atoms with Gasteiger partial charge in [-0.1, -0.05) is 17.7 Å². The number of halogens is 1. The highest BCUT2D eigenvalue weighted by Crippen LogP contribution is 2.21. The van der Waals surface area contributed by atoms with Crippen LogP contribution < -0.4 is 10.0 Å². The van der Waals surface area contributed by atoms with Crippen LogP contribution >= 0.6 is 0 Å². The van der Waals surface area contributed by atoms with Crippen molar-refractivity contribution >= 4 is 33.3 Å². The van der Waals surface area contributed by atoms with Crippen LogP contribution in [0.5, 0.6) is 0 Å². The van der Waals surface area contributed by atoms with E-state index in [1.54, 1.807) is 19.1 Å². The van der Waals surface area contributed by atoms with Crippen molar-refractivity contribution in [2.45, 2.75) is 11.8 Å². The molecule has 29 heavy (non-hydrogen) atoms. The van der Waals surface area contributed by atoms with Gasteiger partial charge in [0.1, 0.15) is 12.4 Å². The third-order valence-electron chi connectivity index (χ3n) is 3.54. The molecule has 154 valence electrons. The first-order valence-electron chi connectivity index (χ1n) is 8.04. The van der Waals surface area contributed by atoms with E-state index in [-0.39, 0.29) is 4.90 Å². The first-order chi connectivity index (χ1) is 13.6. The molecule has 0 unspecified atom stereocenters. The fourth-order valence-electron chi connectivity index (χ4n) is 2.06. The summed E-state index contributed by atoms with van der Waals surface area (Å²) in [5, 5.41) is 12.7. The van der Waals surface area contributed by atoms with Crippen molar-refractivity contribution < 1.29 is 32.1 Å². The fourth-order valence-corrected chi connectivity index (χ4v) is 3.03. The van der Waals surface area contributed by atoms with Crippen LogP contribution in [0.2, 0.25) is 0 Å². The highest BCUT2D eigenvalue weighted by Gasteiger charge is 2.17. The summed E-state index contributed by atoms with van der Waals surface area (Å²) in [7, 11) is -3.94. The molecule has 10 nitrogen and oxygen atoms in total. The smallest absolute Gasteiger partial charge is 0.321 e. The van der Waals surface area contributed by atoms with Crippen molar-refractivity contribution in [2.24, 2.45) is 0 Å². The van der Waals surface area contributed by atoms with E-state index in [1.807, 2.05) is 10.0 Å². The molecule has 2 aromatic rings. The average Bonchev–Trinajstić information content (AvgIpc) is 2.66. The predicted octanol–water partition coefficient (Wildman–Crippen LogP) is 1.50. The number of rotatable bonds is 8. The Bertz CT molecular complexity index is 1040. The van der Waals surface area contributed by atoms with E-state index in [0.717, 1.165) is 23.8 Å². The van der Waals surface area contributed by atoms with Crippen LogP contribution in [0, 0.1) is 22.9 Å². The maximum absolute atomic E-state index is 13.6. The molecule has 0 fully saturated rings. The van der Waals surface area contributed by atoms with Gasteiger partial charge in [0, 0.05) is 12.1 Å². The minimum atomic E-state index is -3.94. The Morgan fingerprint density at radius 1 is 1.17 bits per heavy atom. The molecular formula is C17H16FN3O7S. The fraction of sp³-hybridized carbons (Fsp3) is 0.176. The molecule has 1 amide bonds. The lowest BCUT2D eigenvalue weighted by Crippen LogP contribution is -2.32. The molecule has 0 saturated carbocycles. The topological polar surface area (TPSA) is 145 Å². The molecule has 0 atom stereocenters. The summed E-state index contributed by atoms with van der Waals surface area (Å²) in [5.41, 5.74) is -0.0425. The maximum Gasteiger partial charge on any atom is 0.321 e. The minimum Gasteiger partial charge on any atom is -0.455 e. The number of nitrogens with one attached hydrogen (secondary N) is 2. The van der Waals surface area contributed by atoms with Crippen LogP contribution in [-0.2, 0) is 24.3 Å². The molecule has 2 aromatic carbocycles. The average molecular weight is 425 g/mol. The number of non-ortho nitro benzene ring substituents is 1. The van der Waals surface area contributed by atoms with Crippen molar-refractivity contribution in [1.29, 1.82) is 0 Å². The van der Waals surface area contributed by atoms with Crippen molar-refractivity contribution in [3.63, 3.8) is 0 Å². The van der Waals surface area contributed by atoms with Gasteiger partial charge < -0.3 is 10.1 Å². The van der Waals surface area contributed by atoms with Gasteiger partial charge in [0.25, 0.3) is 11.6 Å². The number of hydrogen-bond acceptors (Lipinski definition) is 7. The second-order valence-electron chi connectivity index (χ2n) is 5.77. The number of carbonyl (C=O) groups is 2. The number of carbonyl (C=O) groups excluding carboxylic acids is 2. The number of nitro groups is 1. The minimum absolute atomic E-state index is 0.0465. The van der Waals surface area contributed by atoms with Gasteiger partial charge in [0.05, 0.1) is 15.5 Å². The number of hydrogen-bond donors (Lipinski definition) is 2. The Balaban J connectivity index is 1.86. The highest BCUT2D eigenvalue weighted by molar-refractivity contribution is 7.89. The molecule has 0 aliphatic carbocycles. The molecule has 0 aliphatic rings. The van der Waals surface area contributed by atoms with Gasteiger partial charge in [-0.15, -0.1) is 0 Å². The van der Waals surface area contributed by atoms with Crippen molar-refractivity contribution in [3.8, 4) is 0 Å². The highest BCUT2D eigenvalue weighted by atomic mass is 32.2. The standard InChI is InChI=1S/C17H16FN3O7S/c1-11-2-5-13(6-3-11)29(26,27)19-9-17(23)28-10-16(22)20-15-8-12(21(24)25)4-7-14(15)18/h2-8,19H,9-10H2,1H3,(H,20,22). The van der Waals surface area contributed by atoms with Gasteiger partial charge in [-0.2, -0.15) is 4.72 Å². The number of nitro benzene ring substituents is 1. The number of aryl methyl sites for hydroxylation is 1. The van der Waals surface area contributed by atoms with E-state index in [2.05, 4.69) is 4.74 Å². The number of amides is 1. The van der Waals surface area contributed by atoms with E-state index in [1.165, 1.54) is 12.1 Å². The van der Waals surface area contributed by atoms with Gasteiger partial charge in [-0.3, -0.25) is 19.7 Å². The second kappa shape index (κ2) is 9.21. The molecule has 0 aliphatic heterocycles. The summed E-state index contributed by atoms with van der Waals surface area (Å²) in [6, 6.07) is 8.44. The van der Waals surface area contributed by atoms with Gasteiger partial charge in [0.15, 0.2) is 6.61 Å². The van der Waals surface area contributed by atoms with Crippen LogP contribution in [0.25, 0.3) is 0 Å². The molecule has 0 saturated heterocycles. The number of esters is 1. The summed E-state index contributed by atoms with van der Waals surface area (Å²) >= 11 is 0. The van der Waals surface area contributed by atoms with Gasteiger partial charge in [0.2, 0.25) is 10.0 Å². The van der Waals surface area contributed by atoms with Crippen molar-refractivity contribution in [3.05, 3.63) is 64.0 Å². The maximum atomic E-state index is 13.6. The van der Waals surface area contributed by atoms with E-state index in [9.17, 15) is 32.5 Å².